The number of hydrogen-bond donors (Lipinski definition) is 2. The van der Waals surface area contributed by atoms with Crippen molar-refractivity contribution in [2.24, 2.45) is 0 Å². The molecule has 5 rings (SSSR count). The highest BCUT2D eigenvalue weighted by Crippen LogP contribution is 2.34. The lowest BCUT2D eigenvalue weighted by Gasteiger charge is -2.11. The Hall–Kier alpha value is -4.08. The number of carbonyl (C=O) groups is 1. The maximum absolute atomic E-state index is 13.5. The Labute approximate surface area is 231 Å². The molecular formula is C29H27ClN4O4S. The number of benzene rings is 3. The minimum atomic E-state index is -3.72. The number of urea groups is 1. The Morgan fingerprint density at radius 1 is 0.974 bits per heavy atom. The van der Waals surface area contributed by atoms with Crippen LogP contribution < -0.4 is 10.6 Å². The van der Waals surface area contributed by atoms with Gasteiger partial charge in [-0.1, -0.05) is 83.5 Å². The van der Waals surface area contributed by atoms with Gasteiger partial charge in [0, 0.05) is 35.2 Å². The summed E-state index contributed by atoms with van der Waals surface area (Å²) in [4.78, 5) is 13.0. The van der Waals surface area contributed by atoms with E-state index >= 15 is 0 Å². The van der Waals surface area contributed by atoms with Crippen molar-refractivity contribution in [2.45, 2.75) is 25.3 Å². The third-order valence-corrected chi connectivity index (χ3v) is 8.76. The number of para-hydroxylation sites is 1. The van der Waals surface area contributed by atoms with Crippen molar-refractivity contribution in [2.75, 3.05) is 17.6 Å². The molecule has 2 amide bonds. The predicted octanol–water partition coefficient (Wildman–Crippen LogP) is 6.21. The molecule has 0 spiro atoms. The minimum Gasteiger partial charge on any atom is -0.359 e. The molecule has 10 heteroatoms. The lowest BCUT2D eigenvalue weighted by atomic mass is 10.1. The predicted molar refractivity (Wildman–Crippen MR) is 153 cm³/mol. The lowest BCUT2D eigenvalue weighted by molar-refractivity contribution is 0.252. The maximum Gasteiger partial charge on any atom is 0.319 e. The van der Waals surface area contributed by atoms with Gasteiger partial charge in [0.25, 0.3) is 0 Å². The molecule has 0 radical (unpaired) electrons. The number of halogens is 1. The standard InChI is InChI=1S/C29H27ClN4O4S/c1-19-28(23-13-7-9-15-25(23)34(19)18-21-10-4-3-5-11-21)39(36,37)17-16-31-29(35)32-26-20(2)38-33-27(26)22-12-6-8-14-24(22)30/h3-15H,16-18H2,1-2H3,(H2,31,32,35). The number of nitrogens with zero attached hydrogens (tertiary/aromatic N) is 2. The smallest absolute Gasteiger partial charge is 0.319 e. The Balaban J connectivity index is 1.32. The summed E-state index contributed by atoms with van der Waals surface area (Å²) in [6.07, 6.45) is 0. The first-order chi connectivity index (χ1) is 18.8. The van der Waals surface area contributed by atoms with Crippen LogP contribution in [0.15, 0.2) is 88.3 Å². The van der Waals surface area contributed by atoms with Crippen LogP contribution in [0.2, 0.25) is 5.02 Å². The highest BCUT2D eigenvalue weighted by atomic mass is 35.5. The number of fused-ring (bicyclic) bond motifs is 1. The van der Waals surface area contributed by atoms with Crippen molar-refractivity contribution < 1.29 is 17.7 Å². The summed E-state index contributed by atoms with van der Waals surface area (Å²) in [5.41, 5.74) is 3.94. The van der Waals surface area contributed by atoms with Gasteiger partial charge in [-0.15, -0.1) is 0 Å². The van der Waals surface area contributed by atoms with Crippen LogP contribution in [0.4, 0.5) is 10.5 Å². The van der Waals surface area contributed by atoms with Crippen LogP contribution in [0.25, 0.3) is 22.2 Å². The zero-order valence-electron chi connectivity index (χ0n) is 21.4. The second kappa shape index (κ2) is 11.0. The van der Waals surface area contributed by atoms with Gasteiger partial charge < -0.3 is 19.7 Å². The lowest BCUT2D eigenvalue weighted by Crippen LogP contribution is -2.33. The van der Waals surface area contributed by atoms with Gasteiger partial charge in [-0.2, -0.15) is 0 Å². The topological polar surface area (TPSA) is 106 Å². The van der Waals surface area contributed by atoms with Gasteiger partial charge in [0.15, 0.2) is 15.6 Å². The van der Waals surface area contributed by atoms with E-state index in [0.29, 0.717) is 45.4 Å². The normalized spacial score (nSPS) is 11.6. The van der Waals surface area contributed by atoms with E-state index in [9.17, 15) is 13.2 Å². The third-order valence-electron chi connectivity index (χ3n) is 6.55. The molecule has 0 atom stereocenters. The summed E-state index contributed by atoms with van der Waals surface area (Å²) in [5, 5.41) is 10.5. The van der Waals surface area contributed by atoms with E-state index in [4.69, 9.17) is 16.1 Å². The SMILES string of the molecule is Cc1onc(-c2ccccc2Cl)c1NC(=O)NCCS(=O)(=O)c1c(C)n(Cc2ccccc2)c2ccccc12. The summed E-state index contributed by atoms with van der Waals surface area (Å²) in [6.45, 7) is 3.95. The number of nitrogens with one attached hydrogen (secondary N) is 2. The number of rotatable bonds is 8. The number of carbonyl (C=O) groups excluding carboxylic acids is 1. The first-order valence-electron chi connectivity index (χ1n) is 12.4. The van der Waals surface area contributed by atoms with E-state index in [2.05, 4.69) is 15.8 Å². The molecule has 0 aliphatic carbocycles. The summed E-state index contributed by atoms with van der Waals surface area (Å²) >= 11 is 6.29. The zero-order chi connectivity index (χ0) is 27.6. The van der Waals surface area contributed by atoms with Crippen molar-refractivity contribution in [3.63, 3.8) is 0 Å². The van der Waals surface area contributed by atoms with Gasteiger partial charge in [-0.3, -0.25) is 0 Å². The monoisotopic (exact) mass is 562 g/mol. The first kappa shape index (κ1) is 26.5. The van der Waals surface area contributed by atoms with Crippen LogP contribution in [-0.2, 0) is 16.4 Å². The second-order valence-electron chi connectivity index (χ2n) is 9.15. The zero-order valence-corrected chi connectivity index (χ0v) is 23.0. The average Bonchev–Trinajstić information content (AvgIpc) is 3.41. The van der Waals surface area contributed by atoms with Crippen LogP contribution in [0.5, 0.6) is 0 Å². The van der Waals surface area contributed by atoms with Crippen LogP contribution >= 0.6 is 11.6 Å². The fourth-order valence-electron chi connectivity index (χ4n) is 4.68. The Bertz CT molecular complexity index is 1760. The van der Waals surface area contributed by atoms with Crippen LogP contribution in [0, 0.1) is 13.8 Å². The van der Waals surface area contributed by atoms with E-state index in [1.54, 1.807) is 31.2 Å². The number of hydrogen-bond acceptors (Lipinski definition) is 5. The van der Waals surface area contributed by atoms with Gasteiger partial charge in [0.1, 0.15) is 11.4 Å². The molecule has 0 fully saturated rings. The molecule has 200 valence electrons. The number of amides is 2. The first-order valence-corrected chi connectivity index (χ1v) is 14.4. The van der Waals surface area contributed by atoms with Gasteiger partial charge in [-0.25, -0.2) is 13.2 Å². The van der Waals surface area contributed by atoms with E-state index in [-0.39, 0.29) is 17.2 Å². The average molecular weight is 563 g/mol. The molecule has 0 unspecified atom stereocenters. The quantitative estimate of drug-likeness (QED) is 0.234. The van der Waals surface area contributed by atoms with Crippen molar-refractivity contribution in [3.8, 4) is 11.3 Å². The number of aryl methyl sites for hydroxylation is 1. The highest BCUT2D eigenvalue weighted by Gasteiger charge is 2.25. The molecule has 8 nitrogen and oxygen atoms in total. The molecule has 0 bridgehead atoms. The molecular weight excluding hydrogens is 536 g/mol. The number of sulfone groups is 1. The molecule has 3 aromatic carbocycles. The third kappa shape index (κ3) is 5.41. The van der Waals surface area contributed by atoms with Crippen molar-refractivity contribution >= 4 is 44.1 Å². The molecule has 39 heavy (non-hydrogen) atoms. The van der Waals surface area contributed by atoms with E-state index in [0.717, 1.165) is 11.1 Å². The van der Waals surface area contributed by atoms with E-state index in [1.165, 1.54) is 0 Å². The fourth-order valence-corrected chi connectivity index (χ4v) is 6.54. The summed E-state index contributed by atoms with van der Waals surface area (Å²) in [6, 6.07) is 23.9. The summed E-state index contributed by atoms with van der Waals surface area (Å²) in [7, 11) is -3.72. The largest absolute Gasteiger partial charge is 0.359 e. The van der Waals surface area contributed by atoms with Crippen LogP contribution in [-0.4, -0.2) is 36.5 Å². The van der Waals surface area contributed by atoms with E-state index in [1.807, 2.05) is 66.1 Å². The molecule has 2 N–H and O–H groups in total. The van der Waals surface area contributed by atoms with Gasteiger partial charge in [0.2, 0.25) is 0 Å². The maximum atomic E-state index is 13.5. The van der Waals surface area contributed by atoms with Gasteiger partial charge >= 0.3 is 6.03 Å². The molecule has 2 aromatic heterocycles. The van der Waals surface area contributed by atoms with Crippen LogP contribution in [0.3, 0.4) is 0 Å². The van der Waals surface area contributed by atoms with Crippen molar-refractivity contribution in [1.29, 1.82) is 0 Å². The Kier molecular flexibility index (Phi) is 7.45. The second-order valence-corrected chi connectivity index (χ2v) is 11.6. The Morgan fingerprint density at radius 2 is 1.67 bits per heavy atom. The molecule has 2 heterocycles. The summed E-state index contributed by atoms with van der Waals surface area (Å²) in [5.74, 6) is 0.134. The Morgan fingerprint density at radius 3 is 2.44 bits per heavy atom. The molecule has 0 saturated carbocycles. The van der Waals surface area contributed by atoms with Crippen molar-refractivity contribution in [3.05, 3.63) is 101 Å². The van der Waals surface area contributed by atoms with Gasteiger partial charge in [-0.05, 0) is 31.5 Å². The highest BCUT2D eigenvalue weighted by molar-refractivity contribution is 7.91. The summed E-state index contributed by atoms with van der Waals surface area (Å²) < 4.78 is 34.4. The number of anilines is 1. The molecule has 5 aromatic rings. The van der Waals surface area contributed by atoms with Crippen LogP contribution in [0.1, 0.15) is 17.0 Å². The minimum absolute atomic E-state index is 0.0858. The van der Waals surface area contributed by atoms with E-state index < -0.39 is 15.9 Å². The van der Waals surface area contributed by atoms with Gasteiger partial charge in [0.05, 0.1) is 15.7 Å². The molecule has 0 aliphatic heterocycles. The van der Waals surface area contributed by atoms with Crippen molar-refractivity contribution in [1.82, 2.24) is 15.0 Å². The fraction of sp³-hybridized carbons (Fsp3) is 0.172. The molecule has 0 aliphatic rings. The molecule has 0 saturated heterocycles. The number of aromatic nitrogens is 2.